The van der Waals surface area contributed by atoms with Gasteiger partial charge in [-0.3, -0.25) is 9.67 Å². The second kappa shape index (κ2) is 5.44. The van der Waals surface area contributed by atoms with Gasteiger partial charge < -0.3 is 5.11 Å². The summed E-state index contributed by atoms with van der Waals surface area (Å²) in [4.78, 5) is 9.13. The molecule has 1 aliphatic rings. The molecular weight excluding hydrogens is 344 g/mol. The second-order valence-corrected chi connectivity index (χ2v) is 6.69. The van der Waals surface area contributed by atoms with Crippen molar-refractivity contribution in [1.29, 1.82) is 0 Å². The summed E-state index contributed by atoms with van der Waals surface area (Å²) < 4.78 is 2.97. The highest BCUT2D eigenvalue weighted by Crippen LogP contribution is 2.37. The van der Waals surface area contributed by atoms with E-state index in [1.807, 2.05) is 35.3 Å². The van der Waals surface area contributed by atoms with Crippen molar-refractivity contribution < 1.29 is 5.11 Å². The van der Waals surface area contributed by atoms with Gasteiger partial charge in [-0.05, 0) is 37.0 Å². The molecule has 6 heteroatoms. The van der Waals surface area contributed by atoms with Crippen LogP contribution in [-0.4, -0.2) is 31.5 Å². The van der Waals surface area contributed by atoms with E-state index in [0.717, 1.165) is 39.6 Å². The monoisotopic (exact) mass is 358 g/mol. The van der Waals surface area contributed by atoms with Gasteiger partial charge in [-0.1, -0.05) is 15.9 Å². The van der Waals surface area contributed by atoms with Gasteiger partial charge >= 0.3 is 0 Å². The Morgan fingerprint density at radius 3 is 2.91 bits per heavy atom. The Balaban J connectivity index is 1.63. The minimum Gasteiger partial charge on any atom is -0.396 e. The average molecular weight is 359 g/mol. The zero-order valence-corrected chi connectivity index (χ0v) is 13.4. The molecule has 0 unspecified atom stereocenters. The van der Waals surface area contributed by atoms with Gasteiger partial charge in [0.2, 0.25) is 0 Å². The van der Waals surface area contributed by atoms with Crippen LogP contribution in [0.15, 0.2) is 41.3 Å². The van der Waals surface area contributed by atoms with Crippen LogP contribution in [0.5, 0.6) is 0 Å². The molecular formula is C16H15BrN4O. The van der Waals surface area contributed by atoms with Gasteiger partial charge in [0.05, 0.1) is 35.2 Å². The normalized spacial score (nSPS) is 21.0. The van der Waals surface area contributed by atoms with Crippen molar-refractivity contribution in [3.8, 4) is 11.3 Å². The number of fused-ring (bicyclic) bond motifs is 1. The van der Waals surface area contributed by atoms with Gasteiger partial charge in [0, 0.05) is 22.8 Å². The van der Waals surface area contributed by atoms with Crippen LogP contribution in [0.25, 0.3) is 22.3 Å². The smallest absolute Gasteiger partial charge is 0.0924 e. The molecule has 2 heterocycles. The third kappa shape index (κ3) is 2.42. The van der Waals surface area contributed by atoms with Crippen LogP contribution in [0.1, 0.15) is 18.9 Å². The average Bonchev–Trinajstić information content (AvgIpc) is 2.95. The third-order valence-corrected chi connectivity index (χ3v) is 4.74. The molecule has 0 atom stereocenters. The van der Waals surface area contributed by atoms with Crippen molar-refractivity contribution in [2.75, 3.05) is 6.61 Å². The minimum atomic E-state index is 0.273. The molecule has 0 bridgehead atoms. The summed E-state index contributed by atoms with van der Waals surface area (Å²) in [5.74, 6) is 0.426. The number of aliphatic hydroxyl groups excluding tert-OH is 1. The molecule has 0 amide bonds. The van der Waals surface area contributed by atoms with Crippen LogP contribution in [0.2, 0.25) is 0 Å². The van der Waals surface area contributed by atoms with Crippen LogP contribution in [-0.2, 0) is 0 Å². The number of nitrogens with zero attached hydrogens (tertiary/aromatic N) is 4. The molecule has 5 nitrogen and oxygen atoms in total. The molecule has 2 aromatic heterocycles. The molecule has 0 radical (unpaired) electrons. The Kier molecular flexibility index (Phi) is 3.43. The highest BCUT2D eigenvalue weighted by atomic mass is 79.9. The number of rotatable bonds is 3. The molecule has 22 heavy (non-hydrogen) atoms. The lowest BCUT2D eigenvalue weighted by atomic mass is 9.81. The molecule has 0 saturated heterocycles. The summed E-state index contributed by atoms with van der Waals surface area (Å²) >= 11 is 3.46. The molecule has 1 aliphatic carbocycles. The fourth-order valence-electron chi connectivity index (χ4n) is 2.86. The highest BCUT2D eigenvalue weighted by Gasteiger charge is 2.30. The van der Waals surface area contributed by atoms with Crippen LogP contribution in [0, 0.1) is 5.92 Å². The van der Waals surface area contributed by atoms with E-state index < -0.39 is 0 Å². The van der Waals surface area contributed by atoms with E-state index in [-0.39, 0.29) is 6.61 Å². The van der Waals surface area contributed by atoms with E-state index in [4.69, 9.17) is 5.11 Å². The zero-order valence-electron chi connectivity index (χ0n) is 11.9. The number of hydrogen-bond donors (Lipinski definition) is 1. The lowest BCUT2D eigenvalue weighted by Gasteiger charge is -2.33. The first-order valence-electron chi connectivity index (χ1n) is 7.30. The van der Waals surface area contributed by atoms with Crippen molar-refractivity contribution in [1.82, 2.24) is 19.7 Å². The number of aromatic nitrogens is 4. The molecule has 1 saturated carbocycles. The number of hydrogen-bond acceptors (Lipinski definition) is 4. The maximum Gasteiger partial charge on any atom is 0.0924 e. The molecule has 4 rings (SSSR count). The first-order chi connectivity index (χ1) is 10.7. The predicted molar refractivity (Wildman–Crippen MR) is 87.3 cm³/mol. The summed E-state index contributed by atoms with van der Waals surface area (Å²) in [6, 6.07) is 6.27. The molecule has 0 spiro atoms. The molecule has 3 aromatic rings. The maximum atomic E-state index is 9.11. The Morgan fingerprint density at radius 2 is 2.09 bits per heavy atom. The van der Waals surface area contributed by atoms with E-state index in [2.05, 4.69) is 31.0 Å². The zero-order chi connectivity index (χ0) is 15.1. The fourth-order valence-corrected chi connectivity index (χ4v) is 3.21. The van der Waals surface area contributed by atoms with Gasteiger partial charge in [0.1, 0.15) is 0 Å². The SMILES string of the molecule is OCC1CC(n2cc(-c3cnc4ccc(Br)cc4n3)cn2)C1. The van der Waals surface area contributed by atoms with Crippen LogP contribution < -0.4 is 0 Å². The van der Waals surface area contributed by atoms with Crippen LogP contribution >= 0.6 is 15.9 Å². The number of halogens is 1. The molecule has 112 valence electrons. The summed E-state index contributed by atoms with van der Waals surface area (Å²) in [5.41, 5.74) is 3.55. The van der Waals surface area contributed by atoms with E-state index in [1.165, 1.54) is 0 Å². The van der Waals surface area contributed by atoms with E-state index in [1.54, 1.807) is 6.20 Å². The van der Waals surface area contributed by atoms with Crippen molar-refractivity contribution in [2.24, 2.45) is 5.92 Å². The van der Waals surface area contributed by atoms with Crippen molar-refractivity contribution in [2.45, 2.75) is 18.9 Å². The second-order valence-electron chi connectivity index (χ2n) is 5.77. The maximum absolute atomic E-state index is 9.11. The van der Waals surface area contributed by atoms with Crippen molar-refractivity contribution >= 4 is 27.0 Å². The molecule has 1 N–H and O–H groups in total. The Labute approximate surface area is 136 Å². The van der Waals surface area contributed by atoms with E-state index in [9.17, 15) is 0 Å². The quantitative estimate of drug-likeness (QED) is 0.780. The summed E-state index contributed by atoms with van der Waals surface area (Å²) in [5, 5.41) is 13.5. The van der Waals surface area contributed by atoms with Gasteiger partial charge in [-0.25, -0.2) is 4.98 Å². The van der Waals surface area contributed by atoms with Crippen LogP contribution in [0.4, 0.5) is 0 Å². The first-order valence-corrected chi connectivity index (χ1v) is 8.10. The van der Waals surface area contributed by atoms with E-state index >= 15 is 0 Å². The van der Waals surface area contributed by atoms with Gasteiger partial charge in [0.15, 0.2) is 0 Å². The highest BCUT2D eigenvalue weighted by molar-refractivity contribution is 9.10. The van der Waals surface area contributed by atoms with E-state index in [0.29, 0.717) is 12.0 Å². The minimum absolute atomic E-state index is 0.273. The Hall–Kier alpha value is -1.79. The van der Waals surface area contributed by atoms with Gasteiger partial charge in [-0.2, -0.15) is 5.10 Å². The Morgan fingerprint density at radius 1 is 1.23 bits per heavy atom. The molecule has 0 aliphatic heterocycles. The third-order valence-electron chi connectivity index (χ3n) is 4.24. The molecule has 1 fully saturated rings. The first kappa shape index (κ1) is 13.8. The molecule has 1 aromatic carbocycles. The largest absolute Gasteiger partial charge is 0.396 e. The van der Waals surface area contributed by atoms with Crippen LogP contribution in [0.3, 0.4) is 0 Å². The topological polar surface area (TPSA) is 63.8 Å². The predicted octanol–water partition coefficient (Wildman–Crippen LogP) is 3.20. The number of benzene rings is 1. The lowest BCUT2D eigenvalue weighted by Crippen LogP contribution is -2.29. The van der Waals surface area contributed by atoms with Crippen molar-refractivity contribution in [3.63, 3.8) is 0 Å². The van der Waals surface area contributed by atoms with Gasteiger partial charge in [0.25, 0.3) is 0 Å². The lowest BCUT2D eigenvalue weighted by molar-refractivity contribution is 0.105. The van der Waals surface area contributed by atoms with Crippen molar-refractivity contribution in [3.05, 3.63) is 41.3 Å². The summed E-state index contributed by atoms with van der Waals surface area (Å²) in [6.45, 7) is 0.273. The standard InChI is InChI=1S/C16H15BrN4O/c17-12-1-2-14-15(5-12)20-16(7-18-14)11-6-19-21(8-11)13-3-10(4-13)9-22/h1-2,5-8,10,13,22H,3-4,9H2. The summed E-state index contributed by atoms with van der Waals surface area (Å²) in [7, 11) is 0. The fraction of sp³-hybridized carbons (Fsp3) is 0.312. The Bertz CT molecular complexity index is 826. The van der Waals surface area contributed by atoms with Gasteiger partial charge in [-0.15, -0.1) is 0 Å². The number of aliphatic hydroxyl groups is 1. The summed E-state index contributed by atoms with van der Waals surface area (Å²) in [6.07, 6.45) is 7.63.